The van der Waals surface area contributed by atoms with Crippen LogP contribution in [0.3, 0.4) is 0 Å². The van der Waals surface area contributed by atoms with Crippen molar-refractivity contribution in [2.75, 3.05) is 7.05 Å². The standard InChI is InChI=1S/C14H20N2O2/c1-9-5-6-18-13(9)14(17)16(2)12-7-10-3-4-11(8-12)15-10/h5-6,10-12,15H,3-4,7-8H2,1-2H3. The Morgan fingerprint density at radius 1 is 1.39 bits per heavy atom. The zero-order chi connectivity index (χ0) is 12.7. The number of furan rings is 1. The van der Waals surface area contributed by atoms with Gasteiger partial charge in [0.05, 0.1) is 6.26 Å². The largest absolute Gasteiger partial charge is 0.459 e. The second-order valence-corrected chi connectivity index (χ2v) is 5.61. The van der Waals surface area contributed by atoms with Crippen molar-refractivity contribution >= 4 is 5.91 Å². The second kappa shape index (κ2) is 4.43. The third-order valence-corrected chi connectivity index (χ3v) is 4.37. The van der Waals surface area contributed by atoms with E-state index in [0.29, 0.717) is 23.9 Å². The van der Waals surface area contributed by atoms with Crippen LogP contribution < -0.4 is 5.32 Å². The molecule has 1 aromatic rings. The van der Waals surface area contributed by atoms with Crippen molar-refractivity contribution in [3.63, 3.8) is 0 Å². The molecule has 0 aliphatic carbocycles. The molecule has 4 nitrogen and oxygen atoms in total. The number of fused-ring (bicyclic) bond motifs is 2. The smallest absolute Gasteiger partial charge is 0.289 e. The van der Waals surface area contributed by atoms with Gasteiger partial charge < -0.3 is 14.6 Å². The number of nitrogens with zero attached hydrogens (tertiary/aromatic N) is 1. The van der Waals surface area contributed by atoms with Crippen molar-refractivity contribution in [2.45, 2.75) is 50.7 Å². The summed E-state index contributed by atoms with van der Waals surface area (Å²) in [6.45, 7) is 1.91. The van der Waals surface area contributed by atoms with Crippen LogP contribution in [0.5, 0.6) is 0 Å². The molecule has 0 spiro atoms. The van der Waals surface area contributed by atoms with E-state index >= 15 is 0 Å². The van der Waals surface area contributed by atoms with Gasteiger partial charge in [0, 0.05) is 30.7 Å². The molecule has 98 valence electrons. The van der Waals surface area contributed by atoms with Gasteiger partial charge in [-0.05, 0) is 38.7 Å². The van der Waals surface area contributed by atoms with Gasteiger partial charge in [-0.25, -0.2) is 0 Å². The summed E-state index contributed by atoms with van der Waals surface area (Å²) < 4.78 is 5.30. The molecule has 1 aromatic heterocycles. The number of carbonyl (C=O) groups is 1. The van der Waals surface area contributed by atoms with Gasteiger partial charge in [0.2, 0.25) is 0 Å². The fraction of sp³-hybridized carbons (Fsp3) is 0.643. The maximum Gasteiger partial charge on any atom is 0.289 e. The van der Waals surface area contributed by atoms with E-state index in [-0.39, 0.29) is 5.91 Å². The minimum Gasteiger partial charge on any atom is -0.459 e. The Hall–Kier alpha value is -1.29. The summed E-state index contributed by atoms with van der Waals surface area (Å²) >= 11 is 0. The SMILES string of the molecule is Cc1ccoc1C(=O)N(C)C1CC2CCC(C1)N2. The normalized spacial score (nSPS) is 30.4. The van der Waals surface area contributed by atoms with E-state index in [1.54, 1.807) is 6.26 Å². The molecule has 2 unspecified atom stereocenters. The molecule has 2 fully saturated rings. The zero-order valence-corrected chi connectivity index (χ0v) is 11.0. The zero-order valence-electron chi connectivity index (χ0n) is 11.0. The fourth-order valence-corrected chi connectivity index (χ4v) is 3.26. The summed E-state index contributed by atoms with van der Waals surface area (Å²) in [6.07, 6.45) is 6.23. The van der Waals surface area contributed by atoms with Crippen LogP contribution in [0, 0.1) is 6.92 Å². The van der Waals surface area contributed by atoms with Crippen LogP contribution in [0.4, 0.5) is 0 Å². The van der Waals surface area contributed by atoms with Crippen molar-refractivity contribution in [1.82, 2.24) is 10.2 Å². The Morgan fingerprint density at radius 2 is 2.06 bits per heavy atom. The molecule has 2 bridgehead atoms. The van der Waals surface area contributed by atoms with Crippen molar-refractivity contribution < 1.29 is 9.21 Å². The molecule has 4 heteroatoms. The molecule has 3 heterocycles. The Balaban J connectivity index is 1.73. The first-order chi connectivity index (χ1) is 8.65. The highest BCUT2D eigenvalue weighted by atomic mass is 16.3. The number of amides is 1. The molecular weight excluding hydrogens is 228 g/mol. The molecule has 1 amide bonds. The van der Waals surface area contributed by atoms with Gasteiger partial charge in [-0.2, -0.15) is 0 Å². The maximum atomic E-state index is 12.4. The van der Waals surface area contributed by atoms with Crippen LogP contribution >= 0.6 is 0 Å². The highest BCUT2D eigenvalue weighted by Gasteiger charge is 2.37. The van der Waals surface area contributed by atoms with Crippen LogP contribution in [-0.2, 0) is 0 Å². The highest BCUT2D eigenvalue weighted by molar-refractivity contribution is 5.92. The van der Waals surface area contributed by atoms with Crippen LogP contribution in [-0.4, -0.2) is 36.0 Å². The number of rotatable bonds is 2. The molecule has 1 N–H and O–H groups in total. The summed E-state index contributed by atoms with van der Waals surface area (Å²) in [6, 6.07) is 3.39. The predicted octanol–water partition coefficient (Wildman–Crippen LogP) is 1.94. The monoisotopic (exact) mass is 248 g/mol. The summed E-state index contributed by atoms with van der Waals surface area (Å²) in [5, 5.41) is 3.60. The van der Waals surface area contributed by atoms with E-state index < -0.39 is 0 Å². The van der Waals surface area contributed by atoms with Crippen molar-refractivity contribution in [1.29, 1.82) is 0 Å². The number of hydrogen-bond acceptors (Lipinski definition) is 3. The Morgan fingerprint density at radius 3 is 2.61 bits per heavy atom. The number of aryl methyl sites for hydroxylation is 1. The number of hydrogen-bond donors (Lipinski definition) is 1. The Kier molecular flexibility index (Phi) is 2.90. The lowest BCUT2D eigenvalue weighted by molar-refractivity contribution is 0.0648. The van der Waals surface area contributed by atoms with Gasteiger partial charge in [-0.15, -0.1) is 0 Å². The number of carbonyl (C=O) groups excluding carboxylic acids is 1. The first-order valence-electron chi connectivity index (χ1n) is 6.72. The molecule has 2 aliphatic heterocycles. The third kappa shape index (κ3) is 1.94. The second-order valence-electron chi connectivity index (χ2n) is 5.61. The summed E-state index contributed by atoms with van der Waals surface area (Å²) in [4.78, 5) is 14.2. The predicted molar refractivity (Wildman–Crippen MR) is 68.5 cm³/mol. The molecule has 2 saturated heterocycles. The molecular formula is C14H20N2O2. The van der Waals surface area contributed by atoms with E-state index in [1.165, 1.54) is 12.8 Å². The number of nitrogens with one attached hydrogen (secondary N) is 1. The van der Waals surface area contributed by atoms with Gasteiger partial charge in [-0.1, -0.05) is 0 Å². The van der Waals surface area contributed by atoms with Crippen LogP contribution in [0.15, 0.2) is 16.7 Å². The summed E-state index contributed by atoms with van der Waals surface area (Å²) in [5.74, 6) is 0.507. The molecule has 18 heavy (non-hydrogen) atoms. The lowest BCUT2D eigenvalue weighted by Crippen LogP contribution is -2.48. The minimum absolute atomic E-state index is 0.0174. The lowest BCUT2D eigenvalue weighted by atomic mass is 9.98. The lowest BCUT2D eigenvalue weighted by Gasteiger charge is -2.35. The molecule has 0 aromatic carbocycles. The molecule has 0 saturated carbocycles. The van der Waals surface area contributed by atoms with Crippen molar-refractivity contribution in [3.8, 4) is 0 Å². The van der Waals surface area contributed by atoms with Gasteiger partial charge in [0.1, 0.15) is 0 Å². The third-order valence-electron chi connectivity index (χ3n) is 4.37. The van der Waals surface area contributed by atoms with E-state index in [0.717, 1.165) is 18.4 Å². The summed E-state index contributed by atoms with van der Waals surface area (Å²) in [5.41, 5.74) is 0.920. The van der Waals surface area contributed by atoms with Crippen molar-refractivity contribution in [3.05, 3.63) is 23.7 Å². The first kappa shape index (κ1) is 11.8. The average molecular weight is 248 g/mol. The minimum atomic E-state index is 0.0174. The van der Waals surface area contributed by atoms with Crippen molar-refractivity contribution in [2.24, 2.45) is 0 Å². The molecule has 3 rings (SSSR count). The number of piperidine rings is 1. The van der Waals surface area contributed by atoms with Gasteiger partial charge in [0.15, 0.2) is 5.76 Å². The quantitative estimate of drug-likeness (QED) is 0.870. The molecule has 2 aliphatic rings. The van der Waals surface area contributed by atoms with Crippen LogP contribution in [0.1, 0.15) is 41.8 Å². The van der Waals surface area contributed by atoms with E-state index in [4.69, 9.17) is 4.42 Å². The fourth-order valence-electron chi connectivity index (χ4n) is 3.26. The first-order valence-corrected chi connectivity index (χ1v) is 6.72. The van der Waals surface area contributed by atoms with Gasteiger partial charge in [0.25, 0.3) is 5.91 Å². The molecule has 0 radical (unpaired) electrons. The van der Waals surface area contributed by atoms with Crippen LogP contribution in [0.25, 0.3) is 0 Å². The summed E-state index contributed by atoms with van der Waals surface area (Å²) in [7, 11) is 1.90. The van der Waals surface area contributed by atoms with Gasteiger partial charge in [-0.3, -0.25) is 4.79 Å². The van der Waals surface area contributed by atoms with E-state index in [2.05, 4.69) is 5.32 Å². The van der Waals surface area contributed by atoms with Gasteiger partial charge >= 0.3 is 0 Å². The maximum absolute atomic E-state index is 12.4. The Bertz CT molecular complexity index is 442. The molecule has 2 atom stereocenters. The van der Waals surface area contributed by atoms with E-state index in [1.807, 2.05) is 24.9 Å². The van der Waals surface area contributed by atoms with Crippen LogP contribution in [0.2, 0.25) is 0 Å². The Labute approximate surface area is 107 Å². The highest BCUT2D eigenvalue weighted by Crippen LogP contribution is 2.30. The van der Waals surface area contributed by atoms with E-state index in [9.17, 15) is 4.79 Å². The topological polar surface area (TPSA) is 45.5 Å². The average Bonchev–Trinajstić information content (AvgIpc) is 2.93.